The second kappa shape index (κ2) is 11.1. The predicted molar refractivity (Wildman–Crippen MR) is 82.8 cm³/mol. The molecular formula is C16H32N2O2. The third kappa shape index (κ3) is 9.32. The fraction of sp³-hybridized carbons (Fsp3) is 0.938. The largest absolute Gasteiger partial charge is 0.379 e. The summed E-state index contributed by atoms with van der Waals surface area (Å²) in [7, 11) is 0. The van der Waals surface area contributed by atoms with Crippen molar-refractivity contribution in [3.05, 3.63) is 0 Å². The van der Waals surface area contributed by atoms with Gasteiger partial charge in [0.1, 0.15) is 0 Å². The number of unbranched alkanes of at least 4 members (excludes halogenated alkanes) is 1. The Morgan fingerprint density at radius 1 is 1.15 bits per heavy atom. The lowest BCUT2D eigenvalue weighted by Gasteiger charge is -2.16. The van der Waals surface area contributed by atoms with Gasteiger partial charge in [0.05, 0.1) is 12.6 Å². The molecule has 0 aromatic carbocycles. The van der Waals surface area contributed by atoms with Gasteiger partial charge in [0, 0.05) is 12.6 Å². The fourth-order valence-electron chi connectivity index (χ4n) is 2.58. The summed E-state index contributed by atoms with van der Waals surface area (Å²) < 4.78 is 5.47. The Balaban J connectivity index is 1.94. The summed E-state index contributed by atoms with van der Waals surface area (Å²) in [6.07, 6.45) is 9.89. The lowest BCUT2D eigenvalue weighted by Crippen LogP contribution is -2.40. The van der Waals surface area contributed by atoms with Crippen molar-refractivity contribution < 1.29 is 9.53 Å². The van der Waals surface area contributed by atoms with Crippen LogP contribution in [-0.4, -0.2) is 37.7 Å². The number of amides is 1. The second-order valence-electron chi connectivity index (χ2n) is 6.06. The minimum Gasteiger partial charge on any atom is -0.379 e. The molecule has 0 heterocycles. The molecule has 0 aromatic rings. The highest BCUT2D eigenvalue weighted by atomic mass is 16.5. The van der Waals surface area contributed by atoms with E-state index < -0.39 is 0 Å². The van der Waals surface area contributed by atoms with Gasteiger partial charge in [-0.25, -0.2) is 0 Å². The Hall–Kier alpha value is -0.610. The summed E-state index contributed by atoms with van der Waals surface area (Å²) >= 11 is 0. The SMILES string of the molecule is CC(C)OCCCCNCC(=O)NC1CCCCCC1. The fourth-order valence-corrected chi connectivity index (χ4v) is 2.58. The first kappa shape index (κ1) is 17.4. The molecule has 1 aliphatic rings. The first-order valence-corrected chi connectivity index (χ1v) is 8.30. The molecule has 1 rings (SSSR count). The molecule has 0 unspecified atom stereocenters. The number of hydrogen-bond acceptors (Lipinski definition) is 3. The number of hydrogen-bond donors (Lipinski definition) is 2. The van der Waals surface area contributed by atoms with Gasteiger partial charge >= 0.3 is 0 Å². The molecule has 0 spiro atoms. The summed E-state index contributed by atoms with van der Waals surface area (Å²) in [4.78, 5) is 11.8. The standard InChI is InChI=1S/C16H32N2O2/c1-14(2)20-12-8-7-11-17-13-16(19)18-15-9-5-3-4-6-10-15/h14-15,17H,3-13H2,1-2H3,(H,18,19). The smallest absolute Gasteiger partial charge is 0.234 e. The van der Waals surface area contributed by atoms with Gasteiger partial charge in [-0.1, -0.05) is 25.7 Å². The van der Waals surface area contributed by atoms with E-state index in [4.69, 9.17) is 4.74 Å². The van der Waals surface area contributed by atoms with Crippen LogP contribution in [0.15, 0.2) is 0 Å². The van der Waals surface area contributed by atoms with E-state index in [1.54, 1.807) is 0 Å². The lowest BCUT2D eigenvalue weighted by atomic mass is 10.1. The average molecular weight is 284 g/mol. The predicted octanol–water partition coefficient (Wildman–Crippen LogP) is 2.62. The molecule has 0 aromatic heterocycles. The van der Waals surface area contributed by atoms with Crippen molar-refractivity contribution in [2.75, 3.05) is 19.7 Å². The van der Waals surface area contributed by atoms with Crippen molar-refractivity contribution in [3.8, 4) is 0 Å². The van der Waals surface area contributed by atoms with E-state index in [0.717, 1.165) is 38.8 Å². The normalized spacial score (nSPS) is 17.1. The van der Waals surface area contributed by atoms with Crippen LogP contribution in [-0.2, 0) is 9.53 Å². The zero-order valence-electron chi connectivity index (χ0n) is 13.2. The number of ether oxygens (including phenoxy) is 1. The molecule has 0 atom stereocenters. The molecule has 4 heteroatoms. The Kier molecular flexibility index (Phi) is 9.67. The maximum absolute atomic E-state index is 11.8. The Morgan fingerprint density at radius 3 is 2.50 bits per heavy atom. The van der Waals surface area contributed by atoms with Crippen LogP contribution in [0.4, 0.5) is 0 Å². The third-order valence-electron chi connectivity index (χ3n) is 3.70. The van der Waals surface area contributed by atoms with E-state index in [1.165, 1.54) is 25.7 Å². The lowest BCUT2D eigenvalue weighted by molar-refractivity contribution is -0.121. The van der Waals surface area contributed by atoms with Crippen LogP contribution in [0.3, 0.4) is 0 Å². The van der Waals surface area contributed by atoms with Crippen molar-refractivity contribution >= 4 is 5.91 Å². The monoisotopic (exact) mass is 284 g/mol. The van der Waals surface area contributed by atoms with Crippen molar-refractivity contribution in [1.82, 2.24) is 10.6 Å². The van der Waals surface area contributed by atoms with Crippen LogP contribution in [0.25, 0.3) is 0 Å². The van der Waals surface area contributed by atoms with Gasteiger partial charge in [-0.3, -0.25) is 4.79 Å². The zero-order chi connectivity index (χ0) is 14.6. The number of carbonyl (C=O) groups is 1. The van der Waals surface area contributed by atoms with Crippen LogP contribution in [0.5, 0.6) is 0 Å². The minimum absolute atomic E-state index is 0.148. The number of rotatable bonds is 9. The molecule has 0 saturated heterocycles. The summed E-state index contributed by atoms with van der Waals surface area (Å²) in [5, 5.41) is 6.36. The summed E-state index contributed by atoms with van der Waals surface area (Å²) in [6, 6.07) is 0.409. The molecule has 1 amide bonds. The van der Waals surface area contributed by atoms with E-state index in [0.29, 0.717) is 18.7 Å². The van der Waals surface area contributed by atoms with Gasteiger partial charge < -0.3 is 15.4 Å². The van der Waals surface area contributed by atoms with Crippen molar-refractivity contribution in [1.29, 1.82) is 0 Å². The first-order chi connectivity index (χ1) is 9.68. The van der Waals surface area contributed by atoms with Crippen molar-refractivity contribution in [2.24, 2.45) is 0 Å². The second-order valence-corrected chi connectivity index (χ2v) is 6.06. The van der Waals surface area contributed by atoms with Gasteiger partial charge in [0.15, 0.2) is 0 Å². The molecular weight excluding hydrogens is 252 g/mol. The molecule has 1 aliphatic carbocycles. The quantitative estimate of drug-likeness (QED) is 0.505. The van der Waals surface area contributed by atoms with Crippen LogP contribution >= 0.6 is 0 Å². The molecule has 2 N–H and O–H groups in total. The molecule has 118 valence electrons. The zero-order valence-corrected chi connectivity index (χ0v) is 13.2. The van der Waals surface area contributed by atoms with Crippen LogP contribution in [0.1, 0.15) is 65.2 Å². The third-order valence-corrected chi connectivity index (χ3v) is 3.70. The molecule has 0 radical (unpaired) electrons. The number of nitrogens with one attached hydrogen (secondary N) is 2. The van der Waals surface area contributed by atoms with Gasteiger partial charge in [-0.05, 0) is 46.1 Å². The van der Waals surface area contributed by atoms with Gasteiger partial charge in [0.2, 0.25) is 5.91 Å². The first-order valence-electron chi connectivity index (χ1n) is 8.30. The van der Waals surface area contributed by atoms with E-state index in [-0.39, 0.29) is 5.91 Å². The Labute approximate surface area is 124 Å². The molecule has 0 bridgehead atoms. The highest BCUT2D eigenvalue weighted by molar-refractivity contribution is 5.78. The van der Waals surface area contributed by atoms with E-state index >= 15 is 0 Å². The van der Waals surface area contributed by atoms with Gasteiger partial charge in [0.25, 0.3) is 0 Å². The Morgan fingerprint density at radius 2 is 1.85 bits per heavy atom. The molecule has 0 aliphatic heterocycles. The van der Waals surface area contributed by atoms with Gasteiger partial charge in [-0.15, -0.1) is 0 Å². The van der Waals surface area contributed by atoms with E-state index in [1.807, 2.05) is 0 Å². The molecule has 1 saturated carbocycles. The van der Waals surface area contributed by atoms with Gasteiger partial charge in [-0.2, -0.15) is 0 Å². The highest BCUT2D eigenvalue weighted by Crippen LogP contribution is 2.16. The van der Waals surface area contributed by atoms with E-state index in [9.17, 15) is 4.79 Å². The van der Waals surface area contributed by atoms with E-state index in [2.05, 4.69) is 24.5 Å². The topological polar surface area (TPSA) is 50.4 Å². The summed E-state index contributed by atoms with van der Waals surface area (Å²) in [5.74, 6) is 0.148. The van der Waals surface area contributed by atoms with Crippen LogP contribution < -0.4 is 10.6 Å². The van der Waals surface area contributed by atoms with Crippen molar-refractivity contribution in [3.63, 3.8) is 0 Å². The van der Waals surface area contributed by atoms with Crippen LogP contribution in [0.2, 0.25) is 0 Å². The summed E-state index contributed by atoms with van der Waals surface area (Å²) in [6.45, 7) is 6.25. The summed E-state index contributed by atoms with van der Waals surface area (Å²) in [5.41, 5.74) is 0. The Bertz CT molecular complexity index is 249. The minimum atomic E-state index is 0.148. The average Bonchev–Trinajstić information content (AvgIpc) is 2.66. The molecule has 1 fully saturated rings. The maximum Gasteiger partial charge on any atom is 0.234 e. The van der Waals surface area contributed by atoms with Crippen molar-refractivity contribution in [2.45, 2.75) is 77.4 Å². The number of carbonyl (C=O) groups excluding carboxylic acids is 1. The highest BCUT2D eigenvalue weighted by Gasteiger charge is 2.13. The molecule has 20 heavy (non-hydrogen) atoms. The molecule has 4 nitrogen and oxygen atoms in total. The maximum atomic E-state index is 11.8. The van der Waals surface area contributed by atoms with Crippen LogP contribution in [0, 0.1) is 0 Å².